The molecule has 2 aliphatic rings. The Morgan fingerprint density at radius 2 is 1.74 bits per heavy atom. The highest BCUT2D eigenvalue weighted by molar-refractivity contribution is 6.91. The molecule has 4 aromatic rings. The Kier molecular flexibility index (Phi) is 7.98. The predicted octanol–water partition coefficient (Wildman–Crippen LogP) is 4.67. The number of carbonyl (C=O) groups is 1. The molecular weight excluding hydrogens is 556 g/mol. The second-order valence-electron chi connectivity index (χ2n) is 12.3. The third-order valence-corrected chi connectivity index (χ3v) is 13.9. The molecule has 0 bridgehead atoms. The van der Waals surface area contributed by atoms with Gasteiger partial charge in [-0.2, -0.15) is 0 Å². The van der Waals surface area contributed by atoms with Gasteiger partial charge in [0.05, 0.1) is 39.2 Å². The maximum Gasteiger partial charge on any atom is 0.264 e. The van der Waals surface area contributed by atoms with Crippen LogP contribution >= 0.6 is 0 Å². The van der Waals surface area contributed by atoms with Crippen molar-refractivity contribution < 1.29 is 19.4 Å². The molecule has 1 spiro atoms. The molecule has 224 valence electrons. The first-order valence-corrected chi connectivity index (χ1v) is 18.1. The van der Waals surface area contributed by atoms with Crippen molar-refractivity contribution in [3.05, 3.63) is 102 Å². The molecule has 4 atom stereocenters. The number of hydrogen-bond acceptors (Lipinski definition) is 6. The summed E-state index contributed by atoms with van der Waals surface area (Å²) in [5, 5.41) is 19.1. The maximum atomic E-state index is 14.7. The summed E-state index contributed by atoms with van der Waals surface area (Å²) in [5.74, 6) is 0.790. The molecule has 6 rings (SSSR count). The first-order chi connectivity index (χ1) is 20.8. The van der Waals surface area contributed by atoms with Gasteiger partial charge in [0.25, 0.3) is 5.91 Å². The zero-order valence-electron chi connectivity index (χ0n) is 25.3. The van der Waals surface area contributed by atoms with Crippen molar-refractivity contribution in [3.8, 4) is 5.75 Å². The highest BCUT2D eigenvalue weighted by Crippen LogP contribution is 2.60. The van der Waals surface area contributed by atoms with Crippen molar-refractivity contribution in [2.45, 2.75) is 63.2 Å². The second-order valence-corrected chi connectivity index (χ2v) is 17.0. The number of anilines is 1. The Bertz CT molecular complexity index is 1570. The standard InChI is InChI=1S/C34H40N4O4Si/c1-24-32(43(3,4)28-16-14-27(41-2)15-17-28)31(18-20-37-23-26(19-21-39)35-36-37)42-34(24)29-12-8-9-13-30(29)38(33(34)40)22-25-10-6-5-7-11-25/h5-17,23-24,31-32,39H,18-22H2,1-4H3/t24-,31+,32-,34+/m0/s1. The number of amides is 1. The van der Waals surface area contributed by atoms with E-state index in [1.54, 1.807) is 7.11 Å². The van der Waals surface area contributed by atoms with Crippen LogP contribution in [0.4, 0.5) is 5.69 Å². The molecule has 1 N–H and O–H groups in total. The summed E-state index contributed by atoms with van der Waals surface area (Å²) < 4.78 is 14.5. The summed E-state index contributed by atoms with van der Waals surface area (Å²) in [6, 6.07) is 26.7. The van der Waals surface area contributed by atoms with Gasteiger partial charge in [0, 0.05) is 37.3 Å². The van der Waals surface area contributed by atoms with Crippen molar-refractivity contribution in [2.24, 2.45) is 5.92 Å². The van der Waals surface area contributed by atoms with Gasteiger partial charge in [-0.3, -0.25) is 9.48 Å². The average Bonchev–Trinajstić information content (AvgIpc) is 3.67. The molecule has 0 saturated carbocycles. The number of nitrogens with zero attached hydrogens (tertiary/aromatic N) is 4. The first-order valence-electron chi connectivity index (χ1n) is 15.1. The normalized spacial score (nSPS) is 23.2. The van der Waals surface area contributed by atoms with E-state index in [1.807, 2.05) is 64.3 Å². The quantitative estimate of drug-likeness (QED) is 0.268. The van der Waals surface area contributed by atoms with Crippen LogP contribution in [0, 0.1) is 5.92 Å². The molecular formula is C34H40N4O4Si. The van der Waals surface area contributed by atoms with E-state index in [2.05, 4.69) is 60.7 Å². The minimum atomic E-state index is -2.22. The van der Waals surface area contributed by atoms with Crippen LogP contribution in [-0.2, 0) is 34.6 Å². The van der Waals surface area contributed by atoms with Crippen LogP contribution in [0.2, 0.25) is 18.6 Å². The Labute approximate surface area is 254 Å². The Hall–Kier alpha value is -3.79. The smallest absolute Gasteiger partial charge is 0.264 e. The summed E-state index contributed by atoms with van der Waals surface area (Å²) in [7, 11) is -0.539. The molecule has 0 unspecified atom stereocenters. The van der Waals surface area contributed by atoms with Crippen LogP contribution in [0.25, 0.3) is 0 Å². The summed E-state index contributed by atoms with van der Waals surface area (Å²) in [4.78, 5) is 16.7. The lowest BCUT2D eigenvalue weighted by atomic mass is 9.82. The van der Waals surface area contributed by atoms with Crippen molar-refractivity contribution >= 4 is 24.9 Å². The third-order valence-electron chi connectivity index (χ3n) is 9.52. The van der Waals surface area contributed by atoms with Gasteiger partial charge in [0.15, 0.2) is 5.60 Å². The van der Waals surface area contributed by atoms with E-state index in [-0.39, 0.29) is 30.1 Å². The van der Waals surface area contributed by atoms with Crippen molar-refractivity contribution in [3.63, 3.8) is 0 Å². The molecule has 3 heterocycles. The predicted molar refractivity (Wildman–Crippen MR) is 169 cm³/mol. The van der Waals surface area contributed by atoms with E-state index < -0.39 is 13.7 Å². The second kappa shape index (κ2) is 11.7. The van der Waals surface area contributed by atoms with E-state index in [4.69, 9.17) is 9.47 Å². The average molecular weight is 597 g/mol. The lowest BCUT2D eigenvalue weighted by Crippen LogP contribution is -2.51. The number of benzene rings is 3. The molecule has 0 radical (unpaired) electrons. The monoisotopic (exact) mass is 596 g/mol. The fraction of sp³-hybridized carbons (Fsp3) is 0.382. The lowest BCUT2D eigenvalue weighted by molar-refractivity contribution is -0.146. The molecule has 9 heteroatoms. The maximum absolute atomic E-state index is 14.7. The summed E-state index contributed by atoms with van der Waals surface area (Å²) >= 11 is 0. The number of aliphatic hydroxyl groups is 1. The van der Waals surface area contributed by atoms with Crippen LogP contribution in [0.3, 0.4) is 0 Å². The molecule has 2 aliphatic heterocycles. The Morgan fingerprint density at radius 1 is 1.02 bits per heavy atom. The molecule has 3 aromatic carbocycles. The molecule has 43 heavy (non-hydrogen) atoms. The summed E-state index contributed by atoms with van der Waals surface area (Å²) in [6.45, 7) is 8.16. The highest BCUT2D eigenvalue weighted by atomic mass is 28.3. The van der Waals surface area contributed by atoms with Gasteiger partial charge in [0.1, 0.15) is 5.75 Å². The number of rotatable bonds is 10. The summed E-state index contributed by atoms with van der Waals surface area (Å²) in [6.07, 6.45) is 2.89. The van der Waals surface area contributed by atoms with E-state index in [1.165, 1.54) is 5.19 Å². The molecule has 1 amide bonds. The van der Waals surface area contributed by atoms with Crippen LogP contribution in [0.5, 0.6) is 5.75 Å². The molecule has 0 aliphatic carbocycles. The fourth-order valence-electron chi connectivity index (χ4n) is 7.40. The van der Waals surface area contributed by atoms with Gasteiger partial charge in [-0.05, 0) is 35.7 Å². The first kappa shape index (κ1) is 29.3. The minimum Gasteiger partial charge on any atom is -0.497 e. The Morgan fingerprint density at radius 3 is 2.47 bits per heavy atom. The van der Waals surface area contributed by atoms with Gasteiger partial charge in [-0.25, -0.2) is 0 Å². The van der Waals surface area contributed by atoms with Crippen molar-refractivity contribution in [2.75, 3.05) is 18.6 Å². The minimum absolute atomic E-state index is 0.0167. The Balaban J connectivity index is 1.39. The number of ether oxygens (including phenoxy) is 2. The molecule has 1 aromatic heterocycles. The van der Waals surface area contributed by atoms with Gasteiger partial charge < -0.3 is 19.5 Å². The number of carbonyl (C=O) groups excluding carboxylic acids is 1. The topological polar surface area (TPSA) is 89.7 Å². The SMILES string of the molecule is COc1ccc([Si](C)(C)[C@@H]2[C@@H](CCn3cc(CCO)nn3)O[C@]3(C(=O)N(Cc4ccccc4)c4ccccc43)[C@H]2C)cc1. The highest BCUT2D eigenvalue weighted by Gasteiger charge is 2.66. The van der Waals surface area contributed by atoms with Crippen molar-refractivity contribution in [1.82, 2.24) is 15.0 Å². The van der Waals surface area contributed by atoms with Gasteiger partial charge >= 0.3 is 0 Å². The number of para-hydroxylation sites is 1. The summed E-state index contributed by atoms with van der Waals surface area (Å²) in [5.41, 5.74) is 2.81. The fourth-order valence-corrected chi connectivity index (χ4v) is 11.5. The molecule has 1 saturated heterocycles. The molecule has 1 fully saturated rings. The number of fused-ring (bicyclic) bond motifs is 2. The number of aryl methyl sites for hydroxylation is 1. The van der Waals surface area contributed by atoms with Crippen LogP contribution < -0.4 is 14.8 Å². The van der Waals surface area contributed by atoms with Gasteiger partial charge in [-0.1, -0.05) is 91.1 Å². The van der Waals surface area contributed by atoms with Crippen LogP contribution in [-0.4, -0.2) is 53.9 Å². The van der Waals surface area contributed by atoms with Gasteiger partial charge in [0.2, 0.25) is 0 Å². The third kappa shape index (κ3) is 5.09. The zero-order chi connectivity index (χ0) is 30.2. The zero-order valence-corrected chi connectivity index (χ0v) is 26.3. The van der Waals surface area contributed by atoms with Crippen LogP contribution in [0.1, 0.15) is 30.2 Å². The van der Waals surface area contributed by atoms with E-state index in [0.717, 1.165) is 28.3 Å². The lowest BCUT2D eigenvalue weighted by Gasteiger charge is -2.37. The van der Waals surface area contributed by atoms with Crippen molar-refractivity contribution in [1.29, 1.82) is 0 Å². The van der Waals surface area contributed by atoms with Crippen LogP contribution in [0.15, 0.2) is 85.1 Å². The number of hydrogen-bond donors (Lipinski definition) is 1. The largest absolute Gasteiger partial charge is 0.497 e. The van der Waals surface area contributed by atoms with Gasteiger partial charge in [-0.15, -0.1) is 5.10 Å². The van der Waals surface area contributed by atoms with E-state index in [9.17, 15) is 9.90 Å². The van der Waals surface area contributed by atoms with E-state index in [0.29, 0.717) is 25.9 Å². The number of aromatic nitrogens is 3. The number of methoxy groups -OCH3 is 1. The molecule has 8 nitrogen and oxygen atoms in total. The number of aliphatic hydroxyl groups excluding tert-OH is 1. The van der Waals surface area contributed by atoms with E-state index >= 15 is 0 Å².